The predicted octanol–water partition coefficient (Wildman–Crippen LogP) is -0.540. The summed E-state index contributed by atoms with van der Waals surface area (Å²) in [6.07, 6.45) is 0. The third-order valence-corrected chi connectivity index (χ3v) is 3.64. The summed E-state index contributed by atoms with van der Waals surface area (Å²) in [5.74, 6) is 4.03. The van der Waals surface area contributed by atoms with Crippen LogP contribution in [0.15, 0.2) is 23.1 Å². The Bertz CT molecular complexity index is 821. The van der Waals surface area contributed by atoms with Crippen LogP contribution in [0.4, 0.5) is 10.3 Å². The summed E-state index contributed by atoms with van der Waals surface area (Å²) >= 11 is 0. The van der Waals surface area contributed by atoms with E-state index in [1.807, 2.05) is 0 Å². The van der Waals surface area contributed by atoms with Crippen LogP contribution in [-0.4, -0.2) is 35.2 Å². The van der Waals surface area contributed by atoms with Crippen LogP contribution in [0.2, 0.25) is 0 Å². The number of rotatable bonds is 3. The van der Waals surface area contributed by atoms with Gasteiger partial charge in [0.2, 0.25) is 0 Å². The molecule has 1 aromatic carbocycles. The highest BCUT2D eigenvalue weighted by molar-refractivity contribution is 7.92. The third kappa shape index (κ3) is 3.53. The Morgan fingerprint density at radius 1 is 1.48 bits per heavy atom. The number of sulfonamides is 1. The lowest BCUT2D eigenvalue weighted by Gasteiger charge is -2.05. The van der Waals surface area contributed by atoms with Crippen molar-refractivity contribution >= 4 is 16.0 Å². The minimum atomic E-state index is -4.00. The monoisotopic (exact) mass is 310 g/mol. The Hall–Kier alpha value is -2.51. The van der Waals surface area contributed by atoms with Gasteiger partial charge in [-0.15, -0.1) is 5.10 Å². The molecule has 8 nitrogen and oxygen atoms in total. The van der Waals surface area contributed by atoms with E-state index in [-0.39, 0.29) is 23.0 Å². The predicted molar refractivity (Wildman–Crippen MR) is 71.9 cm³/mol. The van der Waals surface area contributed by atoms with Crippen LogP contribution in [0.5, 0.6) is 0 Å². The largest absolute Gasteiger partial charge is 0.320 e. The van der Waals surface area contributed by atoms with Crippen molar-refractivity contribution in [2.45, 2.75) is 4.90 Å². The van der Waals surface area contributed by atoms with Crippen LogP contribution in [0.25, 0.3) is 0 Å². The first-order chi connectivity index (χ1) is 9.92. The van der Waals surface area contributed by atoms with Gasteiger partial charge in [0, 0.05) is 0 Å². The number of nitrogens with one attached hydrogen (secondary N) is 1. The van der Waals surface area contributed by atoms with E-state index in [0.717, 1.165) is 10.9 Å². The average Bonchev–Trinajstić information content (AvgIpc) is 2.82. The molecule has 0 spiro atoms. The molecular formula is C11H11FN6O2S. The summed E-state index contributed by atoms with van der Waals surface area (Å²) in [7, 11) is -2.52. The molecule has 0 aliphatic carbocycles. The molecule has 1 heterocycles. The quantitative estimate of drug-likeness (QED) is 0.736. The molecule has 2 rings (SSSR count). The Labute approximate surface area is 120 Å². The van der Waals surface area contributed by atoms with Crippen molar-refractivity contribution in [3.05, 3.63) is 29.6 Å². The molecule has 3 N–H and O–H groups in total. The highest BCUT2D eigenvalue weighted by Crippen LogP contribution is 2.16. The number of aromatic nitrogens is 4. The third-order valence-electron chi connectivity index (χ3n) is 2.31. The van der Waals surface area contributed by atoms with Gasteiger partial charge in [-0.25, -0.2) is 17.5 Å². The lowest BCUT2D eigenvalue weighted by Crippen LogP contribution is -2.14. The highest BCUT2D eigenvalue weighted by Gasteiger charge is 2.18. The molecule has 0 aliphatic heterocycles. The minimum absolute atomic E-state index is 0.0667. The maximum atomic E-state index is 13.8. The van der Waals surface area contributed by atoms with Gasteiger partial charge in [0.15, 0.2) is 0 Å². The number of halogens is 1. The molecule has 1 aromatic heterocycles. The zero-order valence-electron chi connectivity index (χ0n) is 10.9. The molecular weight excluding hydrogens is 299 g/mol. The smallest absolute Gasteiger partial charge is 0.277 e. The zero-order chi connectivity index (χ0) is 15.5. The molecule has 110 valence electrons. The SMILES string of the molecule is Cn1nnc(NS(=O)(=O)c2ccc(C#CCN)c(F)c2)n1. The number of tetrazole rings is 1. The molecule has 0 bridgehead atoms. The molecule has 10 heteroatoms. The molecule has 0 aliphatic rings. The van der Waals surface area contributed by atoms with E-state index >= 15 is 0 Å². The fourth-order valence-corrected chi connectivity index (χ4v) is 2.36. The standard InChI is InChI=1S/C11H11FN6O2S/c1-18-15-11(14-17-18)16-21(19,20)9-5-4-8(3-2-6-13)10(12)7-9/h4-5,7H,6,13H2,1H3,(H,15,16). The first-order valence-electron chi connectivity index (χ1n) is 5.67. The molecule has 0 fully saturated rings. The number of hydrogen-bond acceptors (Lipinski definition) is 6. The number of hydrogen-bond donors (Lipinski definition) is 2. The summed E-state index contributed by atoms with van der Waals surface area (Å²) in [6, 6.07) is 3.35. The van der Waals surface area contributed by atoms with E-state index in [4.69, 9.17) is 5.73 Å². The van der Waals surface area contributed by atoms with Gasteiger partial charge in [0.1, 0.15) is 5.82 Å². The van der Waals surface area contributed by atoms with E-state index in [0.29, 0.717) is 0 Å². The first kappa shape index (κ1) is 14.9. The van der Waals surface area contributed by atoms with E-state index in [9.17, 15) is 12.8 Å². The second-order valence-corrected chi connectivity index (χ2v) is 5.54. The van der Waals surface area contributed by atoms with Crippen molar-refractivity contribution in [3.63, 3.8) is 0 Å². The van der Waals surface area contributed by atoms with E-state index in [2.05, 4.69) is 32.0 Å². The summed E-state index contributed by atoms with van der Waals surface area (Å²) in [5.41, 5.74) is 5.26. The van der Waals surface area contributed by atoms with Crippen LogP contribution >= 0.6 is 0 Å². The van der Waals surface area contributed by atoms with Gasteiger partial charge in [-0.2, -0.15) is 4.80 Å². The Morgan fingerprint density at radius 2 is 2.24 bits per heavy atom. The van der Waals surface area contributed by atoms with Crippen molar-refractivity contribution < 1.29 is 12.8 Å². The topological polar surface area (TPSA) is 116 Å². The highest BCUT2D eigenvalue weighted by atomic mass is 32.2. The van der Waals surface area contributed by atoms with Gasteiger partial charge in [-0.1, -0.05) is 16.9 Å². The molecule has 2 aromatic rings. The zero-order valence-corrected chi connectivity index (χ0v) is 11.7. The molecule has 0 radical (unpaired) electrons. The fourth-order valence-electron chi connectivity index (χ4n) is 1.41. The molecule has 0 saturated heterocycles. The van der Waals surface area contributed by atoms with Crippen molar-refractivity contribution in [2.75, 3.05) is 11.3 Å². The summed E-state index contributed by atoms with van der Waals surface area (Å²) in [6.45, 7) is 0.0827. The second kappa shape index (κ2) is 5.86. The normalized spacial score (nSPS) is 10.8. The molecule has 0 unspecified atom stereocenters. The van der Waals surface area contributed by atoms with Gasteiger partial charge in [0.05, 0.1) is 24.1 Å². The Kier molecular flexibility index (Phi) is 4.15. The average molecular weight is 310 g/mol. The van der Waals surface area contributed by atoms with E-state index in [1.165, 1.54) is 19.2 Å². The minimum Gasteiger partial charge on any atom is -0.320 e. The fraction of sp³-hybridized carbons (Fsp3) is 0.182. The summed E-state index contributed by atoms with van der Waals surface area (Å²) in [5, 5.41) is 10.6. The van der Waals surface area contributed by atoms with Crippen LogP contribution in [-0.2, 0) is 17.1 Å². The van der Waals surface area contributed by atoms with Gasteiger partial charge >= 0.3 is 0 Å². The van der Waals surface area contributed by atoms with E-state index in [1.54, 1.807) is 0 Å². The number of nitrogens with zero attached hydrogens (tertiary/aromatic N) is 4. The summed E-state index contributed by atoms with van der Waals surface area (Å²) < 4.78 is 39.9. The molecule has 0 saturated carbocycles. The van der Waals surface area contributed by atoms with Crippen LogP contribution in [0.1, 0.15) is 5.56 Å². The first-order valence-corrected chi connectivity index (χ1v) is 7.16. The van der Waals surface area contributed by atoms with E-state index < -0.39 is 15.8 Å². The molecule has 0 atom stereocenters. The number of anilines is 1. The maximum Gasteiger partial charge on any atom is 0.277 e. The van der Waals surface area contributed by atoms with Gasteiger partial charge in [-0.3, -0.25) is 0 Å². The Balaban J connectivity index is 2.30. The Morgan fingerprint density at radius 3 is 2.81 bits per heavy atom. The van der Waals surface area contributed by atoms with Crippen molar-refractivity contribution in [3.8, 4) is 11.8 Å². The maximum absolute atomic E-state index is 13.8. The number of nitrogens with two attached hydrogens (primary N) is 1. The lowest BCUT2D eigenvalue weighted by atomic mass is 10.2. The van der Waals surface area contributed by atoms with Gasteiger partial charge in [-0.05, 0) is 23.4 Å². The van der Waals surface area contributed by atoms with Crippen molar-refractivity contribution in [1.82, 2.24) is 20.2 Å². The van der Waals surface area contributed by atoms with Crippen LogP contribution in [0.3, 0.4) is 0 Å². The molecule has 21 heavy (non-hydrogen) atoms. The molecule has 0 amide bonds. The lowest BCUT2D eigenvalue weighted by molar-refractivity contribution is 0.594. The van der Waals surface area contributed by atoms with Crippen molar-refractivity contribution in [1.29, 1.82) is 0 Å². The number of aryl methyl sites for hydroxylation is 1. The second-order valence-electron chi connectivity index (χ2n) is 3.86. The summed E-state index contributed by atoms with van der Waals surface area (Å²) in [4.78, 5) is 0.815. The van der Waals surface area contributed by atoms with Crippen LogP contribution < -0.4 is 10.5 Å². The van der Waals surface area contributed by atoms with Gasteiger partial charge in [0.25, 0.3) is 16.0 Å². The van der Waals surface area contributed by atoms with Crippen LogP contribution in [0, 0.1) is 17.7 Å². The van der Waals surface area contributed by atoms with Crippen molar-refractivity contribution in [2.24, 2.45) is 12.8 Å². The van der Waals surface area contributed by atoms with Gasteiger partial charge < -0.3 is 5.73 Å². The number of benzene rings is 1.